The van der Waals surface area contributed by atoms with Crippen molar-refractivity contribution in [2.45, 2.75) is 19.8 Å². The van der Waals surface area contributed by atoms with Gasteiger partial charge in [-0.3, -0.25) is 10.7 Å². The van der Waals surface area contributed by atoms with Gasteiger partial charge in [-0.2, -0.15) is 0 Å². The smallest absolute Gasteiger partial charge is 0.152 e. The van der Waals surface area contributed by atoms with E-state index in [1.807, 2.05) is 12.1 Å². The van der Waals surface area contributed by atoms with Crippen molar-refractivity contribution in [3.8, 4) is 0 Å². The maximum Gasteiger partial charge on any atom is 0.152 e. The van der Waals surface area contributed by atoms with Crippen molar-refractivity contribution in [1.29, 1.82) is 0 Å². The third-order valence-corrected chi connectivity index (χ3v) is 1.52. The monoisotopic (exact) mass is 152 g/mol. The Hall–Kier alpha value is -1.09. The van der Waals surface area contributed by atoms with E-state index in [1.165, 1.54) is 0 Å². The second kappa shape index (κ2) is 3.93. The van der Waals surface area contributed by atoms with Gasteiger partial charge in [0.25, 0.3) is 0 Å². The van der Waals surface area contributed by atoms with Crippen LogP contribution in [0.2, 0.25) is 0 Å². The van der Waals surface area contributed by atoms with Crippen LogP contribution in [-0.2, 0) is 6.42 Å². The highest BCUT2D eigenvalue weighted by Gasteiger charge is 1.98. The van der Waals surface area contributed by atoms with E-state index in [9.17, 15) is 0 Å². The molecule has 1 rings (SSSR count). The summed E-state index contributed by atoms with van der Waals surface area (Å²) in [6.45, 7) is 2.09. The third kappa shape index (κ3) is 1.91. The first kappa shape index (κ1) is 8.01. The van der Waals surface area contributed by atoms with Crippen molar-refractivity contribution in [2.75, 3.05) is 5.48 Å². The van der Waals surface area contributed by atoms with Crippen molar-refractivity contribution in [3.63, 3.8) is 0 Å². The zero-order valence-electron chi connectivity index (χ0n) is 6.54. The lowest BCUT2D eigenvalue weighted by molar-refractivity contribution is 0.385. The van der Waals surface area contributed by atoms with Crippen LogP contribution in [0.1, 0.15) is 18.9 Å². The number of pyridine rings is 1. The molecule has 1 aromatic heterocycles. The highest BCUT2D eigenvalue weighted by Crippen LogP contribution is 2.11. The van der Waals surface area contributed by atoms with Crippen LogP contribution >= 0.6 is 0 Å². The Morgan fingerprint density at radius 2 is 2.45 bits per heavy atom. The highest BCUT2D eigenvalue weighted by atomic mass is 16.5. The molecule has 0 atom stereocenters. The summed E-state index contributed by atoms with van der Waals surface area (Å²) in [7, 11) is 0. The fourth-order valence-corrected chi connectivity index (χ4v) is 1.01. The quantitative estimate of drug-likeness (QED) is 0.649. The van der Waals surface area contributed by atoms with Gasteiger partial charge in [0.1, 0.15) is 0 Å². The lowest BCUT2D eigenvalue weighted by Gasteiger charge is -2.03. The summed E-state index contributed by atoms with van der Waals surface area (Å²) in [6, 6.07) is 3.82. The molecule has 0 aliphatic carbocycles. The summed E-state index contributed by atoms with van der Waals surface area (Å²) in [5, 5.41) is 8.63. The maximum absolute atomic E-state index is 8.63. The van der Waals surface area contributed by atoms with E-state index in [-0.39, 0.29) is 0 Å². The molecule has 0 aromatic carbocycles. The molecule has 0 aliphatic heterocycles. The first-order chi connectivity index (χ1) is 5.38. The predicted molar refractivity (Wildman–Crippen MR) is 43.6 cm³/mol. The zero-order chi connectivity index (χ0) is 8.10. The lowest BCUT2D eigenvalue weighted by atomic mass is 10.1. The van der Waals surface area contributed by atoms with E-state index in [4.69, 9.17) is 5.21 Å². The molecule has 0 aliphatic rings. The molecule has 0 spiro atoms. The average Bonchev–Trinajstić information content (AvgIpc) is 2.06. The van der Waals surface area contributed by atoms with Crippen LogP contribution in [0.4, 0.5) is 5.82 Å². The largest absolute Gasteiger partial charge is 0.290 e. The van der Waals surface area contributed by atoms with Crippen molar-refractivity contribution in [3.05, 3.63) is 23.9 Å². The molecule has 0 amide bonds. The van der Waals surface area contributed by atoms with Crippen LogP contribution in [0.25, 0.3) is 0 Å². The number of anilines is 1. The SMILES string of the molecule is CCCc1cccnc1NO. The molecule has 60 valence electrons. The summed E-state index contributed by atoms with van der Waals surface area (Å²) in [5.74, 6) is 0.564. The third-order valence-electron chi connectivity index (χ3n) is 1.52. The molecule has 1 aromatic rings. The topological polar surface area (TPSA) is 45.2 Å². The highest BCUT2D eigenvalue weighted by molar-refractivity contribution is 5.41. The van der Waals surface area contributed by atoms with Crippen LogP contribution < -0.4 is 5.48 Å². The second-order valence-electron chi connectivity index (χ2n) is 2.37. The van der Waals surface area contributed by atoms with Gasteiger partial charge in [-0.25, -0.2) is 4.98 Å². The summed E-state index contributed by atoms with van der Waals surface area (Å²) in [4.78, 5) is 3.95. The first-order valence-electron chi connectivity index (χ1n) is 3.72. The van der Waals surface area contributed by atoms with Crippen LogP contribution in [0.15, 0.2) is 18.3 Å². The molecule has 0 unspecified atom stereocenters. The van der Waals surface area contributed by atoms with Gasteiger partial charge in [0.05, 0.1) is 0 Å². The molecule has 0 saturated heterocycles. The molecule has 0 fully saturated rings. The maximum atomic E-state index is 8.63. The van der Waals surface area contributed by atoms with E-state index in [0.717, 1.165) is 18.4 Å². The Morgan fingerprint density at radius 3 is 3.09 bits per heavy atom. The Kier molecular flexibility index (Phi) is 2.86. The van der Waals surface area contributed by atoms with Crippen LogP contribution in [0.5, 0.6) is 0 Å². The zero-order valence-corrected chi connectivity index (χ0v) is 6.54. The number of aromatic nitrogens is 1. The summed E-state index contributed by atoms with van der Waals surface area (Å²) in [5.41, 5.74) is 3.12. The van der Waals surface area contributed by atoms with Crippen LogP contribution in [0.3, 0.4) is 0 Å². The van der Waals surface area contributed by atoms with Gasteiger partial charge in [-0.05, 0) is 18.1 Å². The minimum atomic E-state index is 0.564. The molecule has 11 heavy (non-hydrogen) atoms. The fraction of sp³-hybridized carbons (Fsp3) is 0.375. The van der Waals surface area contributed by atoms with Gasteiger partial charge in [-0.15, -0.1) is 0 Å². The molecule has 2 N–H and O–H groups in total. The lowest BCUT2D eigenvalue weighted by Crippen LogP contribution is -1.97. The van der Waals surface area contributed by atoms with Gasteiger partial charge in [0.15, 0.2) is 5.82 Å². The molecular weight excluding hydrogens is 140 g/mol. The van der Waals surface area contributed by atoms with Gasteiger partial charge in [0.2, 0.25) is 0 Å². The summed E-state index contributed by atoms with van der Waals surface area (Å²) < 4.78 is 0. The number of aryl methyl sites for hydroxylation is 1. The molecule has 3 heteroatoms. The molecular formula is C8H12N2O. The summed E-state index contributed by atoms with van der Waals surface area (Å²) in [6.07, 6.45) is 3.65. The van der Waals surface area contributed by atoms with Gasteiger partial charge in [-0.1, -0.05) is 19.4 Å². The van der Waals surface area contributed by atoms with E-state index in [2.05, 4.69) is 17.4 Å². The normalized spacial score (nSPS) is 9.64. The molecule has 1 heterocycles. The van der Waals surface area contributed by atoms with Crippen LogP contribution in [0, 0.1) is 0 Å². The Labute approximate surface area is 66.0 Å². The molecule has 0 bridgehead atoms. The van der Waals surface area contributed by atoms with Crippen molar-refractivity contribution >= 4 is 5.82 Å². The number of nitrogens with zero attached hydrogens (tertiary/aromatic N) is 1. The van der Waals surface area contributed by atoms with Crippen molar-refractivity contribution in [1.82, 2.24) is 4.98 Å². The minimum Gasteiger partial charge on any atom is -0.290 e. The predicted octanol–water partition coefficient (Wildman–Crippen LogP) is 1.84. The van der Waals surface area contributed by atoms with E-state index in [0.29, 0.717) is 5.82 Å². The van der Waals surface area contributed by atoms with Gasteiger partial charge >= 0.3 is 0 Å². The average molecular weight is 152 g/mol. The van der Waals surface area contributed by atoms with E-state index in [1.54, 1.807) is 6.20 Å². The second-order valence-corrected chi connectivity index (χ2v) is 2.37. The summed E-state index contributed by atoms with van der Waals surface area (Å²) >= 11 is 0. The van der Waals surface area contributed by atoms with Gasteiger partial charge < -0.3 is 0 Å². The van der Waals surface area contributed by atoms with Gasteiger partial charge in [0, 0.05) is 6.20 Å². The molecule has 0 saturated carbocycles. The van der Waals surface area contributed by atoms with Crippen molar-refractivity contribution in [2.24, 2.45) is 0 Å². The first-order valence-corrected chi connectivity index (χ1v) is 3.72. The Balaban J connectivity index is 2.83. The van der Waals surface area contributed by atoms with E-state index >= 15 is 0 Å². The number of rotatable bonds is 3. The number of hydrogen-bond donors (Lipinski definition) is 2. The Morgan fingerprint density at radius 1 is 1.64 bits per heavy atom. The number of nitrogens with one attached hydrogen (secondary N) is 1. The fourth-order valence-electron chi connectivity index (χ4n) is 1.01. The molecule has 0 radical (unpaired) electrons. The molecule has 3 nitrogen and oxygen atoms in total. The Bertz CT molecular complexity index is 225. The van der Waals surface area contributed by atoms with Crippen LogP contribution in [-0.4, -0.2) is 10.2 Å². The van der Waals surface area contributed by atoms with E-state index < -0.39 is 0 Å². The number of hydrogen-bond acceptors (Lipinski definition) is 3. The van der Waals surface area contributed by atoms with Crippen molar-refractivity contribution < 1.29 is 5.21 Å². The minimum absolute atomic E-state index is 0.564. The standard InChI is InChI=1S/C8H12N2O/c1-2-4-7-5-3-6-9-8(7)10-11/h3,5-6,11H,2,4H2,1H3,(H,9,10).